The fraction of sp³-hybridized carbons (Fsp3) is 0.300. The summed E-state index contributed by atoms with van der Waals surface area (Å²) in [7, 11) is 0. The van der Waals surface area contributed by atoms with E-state index in [1.807, 2.05) is 6.07 Å². The Balaban J connectivity index is 2.38. The van der Waals surface area contributed by atoms with Gasteiger partial charge in [-0.1, -0.05) is 5.16 Å². The van der Waals surface area contributed by atoms with Crippen LogP contribution in [0.5, 0.6) is 0 Å². The number of aryl methyl sites for hydroxylation is 1. The lowest BCUT2D eigenvalue weighted by molar-refractivity contribution is 0.451. The highest BCUT2D eigenvalue weighted by molar-refractivity contribution is 14.1. The summed E-state index contributed by atoms with van der Waals surface area (Å²) < 4.78 is 6.20. The normalized spacial score (nSPS) is 15.2. The Bertz CT molecular complexity index is 492. The fourth-order valence-corrected chi connectivity index (χ4v) is 2.67. The zero-order chi connectivity index (χ0) is 9.54. The standard InChI is InChI=1S/C10H9IN2O/c11-10-9-6-2-1-5-12-7(6)3-4-8(9)14-13-10/h3-4,12H,1-2,5H2. The number of rotatable bonds is 0. The summed E-state index contributed by atoms with van der Waals surface area (Å²) in [5, 5.41) is 8.58. The molecule has 0 saturated heterocycles. The van der Waals surface area contributed by atoms with Crippen LogP contribution in [-0.4, -0.2) is 11.7 Å². The molecule has 0 amide bonds. The molecule has 3 rings (SSSR count). The Morgan fingerprint density at radius 2 is 2.36 bits per heavy atom. The lowest BCUT2D eigenvalue weighted by Gasteiger charge is -2.17. The van der Waals surface area contributed by atoms with E-state index >= 15 is 0 Å². The fourth-order valence-electron chi connectivity index (χ4n) is 1.98. The molecule has 1 aromatic heterocycles. The van der Waals surface area contributed by atoms with Gasteiger partial charge < -0.3 is 9.84 Å². The van der Waals surface area contributed by atoms with Crippen LogP contribution >= 0.6 is 22.6 Å². The molecule has 2 aromatic rings. The minimum Gasteiger partial charge on any atom is -0.385 e. The van der Waals surface area contributed by atoms with E-state index in [9.17, 15) is 0 Å². The topological polar surface area (TPSA) is 38.1 Å². The van der Waals surface area contributed by atoms with Gasteiger partial charge in [-0.05, 0) is 53.1 Å². The van der Waals surface area contributed by atoms with Gasteiger partial charge in [-0.25, -0.2) is 0 Å². The number of hydrogen-bond acceptors (Lipinski definition) is 3. The number of nitrogens with one attached hydrogen (secondary N) is 1. The molecule has 1 aliphatic heterocycles. The monoisotopic (exact) mass is 300 g/mol. The van der Waals surface area contributed by atoms with Gasteiger partial charge in [-0.3, -0.25) is 0 Å². The zero-order valence-electron chi connectivity index (χ0n) is 7.51. The van der Waals surface area contributed by atoms with E-state index in [0.29, 0.717) is 0 Å². The molecule has 0 aliphatic carbocycles. The summed E-state index contributed by atoms with van der Waals surface area (Å²) in [4.78, 5) is 0. The number of benzene rings is 1. The third-order valence-electron chi connectivity index (χ3n) is 2.62. The molecule has 1 N–H and O–H groups in total. The first kappa shape index (κ1) is 8.52. The number of hydrogen-bond donors (Lipinski definition) is 1. The summed E-state index contributed by atoms with van der Waals surface area (Å²) in [6.07, 6.45) is 2.31. The molecule has 0 bridgehead atoms. The van der Waals surface area contributed by atoms with E-state index in [2.05, 4.69) is 39.1 Å². The Labute approximate surface area is 95.0 Å². The maximum absolute atomic E-state index is 5.23. The van der Waals surface area contributed by atoms with E-state index in [4.69, 9.17) is 4.52 Å². The number of nitrogens with zero attached hydrogens (tertiary/aromatic N) is 1. The number of anilines is 1. The molecule has 0 saturated carbocycles. The van der Waals surface area contributed by atoms with Crippen molar-refractivity contribution in [2.75, 3.05) is 11.9 Å². The second kappa shape index (κ2) is 3.12. The van der Waals surface area contributed by atoms with Crippen molar-refractivity contribution < 1.29 is 4.52 Å². The van der Waals surface area contributed by atoms with Crippen molar-refractivity contribution in [3.8, 4) is 0 Å². The van der Waals surface area contributed by atoms with Crippen LogP contribution in [0.4, 0.5) is 5.69 Å². The molecule has 14 heavy (non-hydrogen) atoms. The third-order valence-corrected chi connectivity index (χ3v) is 3.36. The summed E-state index contributed by atoms with van der Waals surface area (Å²) in [6.45, 7) is 1.07. The highest BCUT2D eigenvalue weighted by Gasteiger charge is 2.16. The van der Waals surface area contributed by atoms with Crippen LogP contribution in [-0.2, 0) is 6.42 Å². The quantitative estimate of drug-likeness (QED) is 0.760. The predicted molar refractivity (Wildman–Crippen MR) is 63.5 cm³/mol. The molecule has 0 unspecified atom stereocenters. The average Bonchev–Trinajstić information content (AvgIpc) is 2.61. The first-order valence-electron chi connectivity index (χ1n) is 4.67. The predicted octanol–water partition coefficient (Wildman–Crippen LogP) is 2.79. The van der Waals surface area contributed by atoms with Crippen LogP contribution in [0.15, 0.2) is 16.7 Å². The van der Waals surface area contributed by atoms with Gasteiger partial charge in [0, 0.05) is 12.2 Å². The van der Waals surface area contributed by atoms with Crippen LogP contribution < -0.4 is 5.32 Å². The Hall–Kier alpha value is -0.780. The summed E-state index contributed by atoms with van der Waals surface area (Å²) in [6, 6.07) is 4.07. The molecular formula is C10H9IN2O. The second-order valence-electron chi connectivity index (χ2n) is 3.47. The van der Waals surface area contributed by atoms with Crippen molar-refractivity contribution in [2.24, 2.45) is 0 Å². The van der Waals surface area contributed by atoms with Crippen molar-refractivity contribution in [3.63, 3.8) is 0 Å². The largest absolute Gasteiger partial charge is 0.385 e. The van der Waals surface area contributed by atoms with E-state index < -0.39 is 0 Å². The molecular weight excluding hydrogens is 291 g/mol. The van der Waals surface area contributed by atoms with Gasteiger partial charge in [0.25, 0.3) is 0 Å². The number of aromatic nitrogens is 1. The van der Waals surface area contributed by atoms with Crippen LogP contribution in [0.25, 0.3) is 11.0 Å². The van der Waals surface area contributed by atoms with Crippen molar-refractivity contribution in [2.45, 2.75) is 12.8 Å². The molecule has 72 valence electrons. The molecule has 3 nitrogen and oxygen atoms in total. The van der Waals surface area contributed by atoms with Gasteiger partial charge in [-0.15, -0.1) is 0 Å². The molecule has 0 atom stereocenters. The summed E-state index contributed by atoms with van der Waals surface area (Å²) in [5.74, 6) is 0. The van der Waals surface area contributed by atoms with E-state index in [1.54, 1.807) is 0 Å². The summed E-state index contributed by atoms with van der Waals surface area (Å²) in [5.41, 5.74) is 3.50. The van der Waals surface area contributed by atoms with E-state index in [-0.39, 0.29) is 0 Å². The van der Waals surface area contributed by atoms with Crippen molar-refractivity contribution in [3.05, 3.63) is 21.4 Å². The van der Waals surface area contributed by atoms with Gasteiger partial charge in [0.1, 0.15) is 0 Å². The molecule has 0 spiro atoms. The highest BCUT2D eigenvalue weighted by atomic mass is 127. The van der Waals surface area contributed by atoms with Crippen LogP contribution in [0.3, 0.4) is 0 Å². The van der Waals surface area contributed by atoms with Gasteiger partial charge in [0.05, 0.1) is 5.39 Å². The van der Waals surface area contributed by atoms with Gasteiger partial charge in [-0.2, -0.15) is 0 Å². The number of fused-ring (bicyclic) bond motifs is 3. The van der Waals surface area contributed by atoms with E-state index in [1.165, 1.54) is 23.1 Å². The average molecular weight is 300 g/mol. The highest BCUT2D eigenvalue weighted by Crippen LogP contribution is 2.32. The SMILES string of the molecule is Ic1noc2ccc3c(c12)CCCN3. The lowest BCUT2D eigenvalue weighted by atomic mass is 10.0. The lowest BCUT2D eigenvalue weighted by Crippen LogP contribution is -2.11. The van der Waals surface area contributed by atoms with Gasteiger partial charge in [0.15, 0.2) is 9.28 Å². The van der Waals surface area contributed by atoms with Crippen LogP contribution in [0.1, 0.15) is 12.0 Å². The van der Waals surface area contributed by atoms with Gasteiger partial charge in [0.2, 0.25) is 0 Å². The van der Waals surface area contributed by atoms with Crippen molar-refractivity contribution in [1.82, 2.24) is 5.16 Å². The zero-order valence-corrected chi connectivity index (χ0v) is 9.67. The minimum atomic E-state index is 0.900. The molecule has 4 heteroatoms. The maximum Gasteiger partial charge on any atom is 0.168 e. The first-order valence-corrected chi connectivity index (χ1v) is 5.75. The Morgan fingerprint density at radius 3 is 3.29 bits per heavy atom. The maximum atomic E-state index is 5.23. The van der Waals surface area contributed by atoms with Gasteiger partial charge >= 0.3 is 0 Å². The van der Waals surface area contributed by atoms with Crippen LogP contribution in [0, 0.1) is 3.70 Å². The Morgan fingerprint density at radius 1 is 1.43 bits per heavy atom. The number of halogens is 1. The molecule has 1 aliphatic rings. The minimum absolute atomic E-state index is 0.900. The third kappa shape index (κ3) is 1.13. The smallest absolute Gasteiger partial charge is 0.168 e. The van der Waals surface area contributed by atoms with E-state index in [0.717, 1.165) is 22.2 Å². The van der Waals surface area contributed by atoms with Crippen molar-refractivity contribution in [1.29, 1.82) is 0 Å². The molecule has 2 heterocycles. The van der Waals surface area contributed by atoms with Crippen molar-refractivity contribution >= 4 is 39.2 Å². The van der Waals surface area contributed by atoms with Crippen LogP contribution in [0.2, 0.25) is 0 Å². The molecule has 0 fully saturated rings. The first-order chi connectivity index (χ1) is 6.86. The molecule has 1 aromatic carbocycles. The summed E-state index contributed by atoms with van der Waals surface area (Å²) >= 11 is 2.23. The molecule has 0 radical (unpaired) electrons. The Kier molecular flexibility index (Phi) is 1.90. The second-order valence-corrected chi connectivity index (χ2v) is 4.49.